The molecule has 0 aliphatic carbocycles. The van der Waals surface area contributed by atoms with Crippen LogP contribution in [0.1, 0.15) is 23.6 Å². The molecular formula is C16H16F3NO. The standard InChI is InChI=1S/C16H16F3NO/c17-16(18,19)14-7-5-12(6-8-14)11-1-3-13(4-2-11)15(20)9-10-21/h1-8,15,21H,9-10,20H2/t15-/m0/s1. The number of aliphatic hydroxyl groups is 1. The number of hydrogen-bond acceptors (Lipinski definition) is 2. The average Bonchev–Trinajstić information content (AvgIpc) is 2.47. The molecule has 2 aromatic rings. The van der Waals surface area contributed by atoms with Gasteiger partial charge in [-0.05, 0) is 35.2 Å². The Kier molecular flexibility index (Phi) is 4.65. The van der Waals surface area contributed by atoms with E-state index in [2.05, 4.69) is 0 Å². The van der Waals surface area contributed by atoms with Crippen LogP contribution >= 0.6 is 0 Å². The van der Waals surface area contributed by atoms with E-state index < -0.39 is 11.7 Å². The zero-order valence-electron chi connectivity index (χ0n) is 11.3. The molecule has 0 fully saturated rings. The quantitative estimate of drug-likeness (QED) is 0.902. The summed E-state index contributed by atoms with van der Waals surface area (Å²) in [5.41, 5.74) is 7.64. The topological polar surface area (TPSA) is 46.2 Å². The third kappa shape index (κ3) is 3.83. The van der Waals surface area contributed by atoms with Gasteiger partial charge in [-0.1, -0.05) is 36.4 Å². The van der Waals surface area contributed by atoms with Crippen LogP contribution in [0.3, 0.4) is 0 Å². The van der Waals surface area contributed by atoms with E-state index in [0.29, 0.717) is 12.0 Å². The second-order valence-electron chi connectivity index (χ2n) is 4.82. The summed E-state index contributed by atoms with van der Waals surface area (Å²) < 4.78 is 37.5. The second-order valence-corrected chi connectivity index (χ2v) is 4.82. The van der Waals surface area contributed by atoms with Gasteiger partial charge in [0.2, 0.25) is 0 Å². The van der Waals surface area contributed by atoms with Crippen LogP contribution in [0.5, 0.6) is 0 Å². The molecule has 0 aliphatic heterocycles. The summed E-state index contributed by atoms with van der Waals surface area (Å²) in [5, 5.41) is 8.85. The van der Waals surface area contributed by atoms with E-state index in [-0.39, 0.29) is 12.6 Å². The first-order chi connectivity index (χ1) is 9.91. The van der Waals surface area contributed by atoms with Gasteiger partial charge >= 0.3 is 6.18 Å². The SMILES string of the molecule is N[C@@H](CCO)c1ccc(-c2ccc(C(F)(F)F)cc2)cc1. The van der Waals surface area contributed by atoms with Gasteiger partial charge in [-0.25, -0.2) is 0 Å². The van der Waals surface area contributed by atoms with Crippen LogP contribution in [0.4, 0.5) is 13.2 Å². The molecule has 112 valence electrons. The third-order valence-corrected chi connectivity index (χ3v) is 3.32. The van der Waals surface area contributed by atoms with Crippen molar-refractivity contribution >= 4 is 0 Å². The molecule has 2 aromatic carbocycles. The fourth-order valence-corrected chi connectivity index (χ4v) is 2.08. The molecule has 3 N–H and O–H groups in total. The molecule has 0 amide bonds. The predicted molar refractivity (Wildman–Crippen MR) is 75.5 cm³/mol. The molecule has 0 saturated heterocycles. The van der Waals surface area contributed by atoms with Crippen molar-refractivity contribution in [3.05, 3.63) is 59.7 Å². The van der Waals surface area contributed by atoms with Crippen molar-refractivity contribution < 1.29 is 18.3 Å². The van der Waals surface area contributed by atoms with Crippen molar-refractivity contribution in [2.75, 3.05) is 6.61 Å². The fraction of sp³-hybridized carbons (Fsp3) is 0.250. The number of halogens is 3. The van der Waals surface area contributed by atoms with Crippen molar-refractivity contribution in [1.82, 2.24) is 0 Å². The largest absolute Gasteiger partial charge is 0.416 e. The summed E-state index contributed by atoms with van der Waals surface area (Å²) >= 11 is 0. The lowest BCUT2D eigenvalue weighted by molar-refractivity contribution is -0.137. The fourth-order valence-electron chi connectivity index (χ4n) is 2.08. The maximum atomic E-state index is 12.5. The van der Waals surface area contributed by atoms with Crippen LogP contribution < -0.4 is 5.73 Å². The zero-order valence-corrected chi connectivity index (χ0v) is 11.3. The average molecular weight is 295 g/mol. The zero-order chi connectivity index (χ0) is 15.5. The van der Waals surface area contributed by atoms with Gasteiger partial charge in [-0.15, -0.1) is 0 Å². The summed E-state index contributed by atoms with van der Waals surface area (Å²) in [6, 6.07) is 12.1. The van der Waals surface area contributed by atoms with Crippen LogP contribution in [0.25, 0.3) is 11.1 Å². The lowest BCUT2D eigenvalue weighted by Crippen LogP contribution is -2.11. The van der Waals surface area contributed by atoms with Gasteiger partial charge < -0.3 is 10.8 Å². The first kappa shape index (κ1) is 15.5. The van der Waals surface area contributed by atoms with Crippen molar-refractivity contribution in [3.8, 4) is 11.1 Å². The minimum Gasteiger partial charge on any atom is -0.396 e. The highest BCUT2D eigenvalue weighted by atomic mass is 19.4. The maximum Gasteiger partial charge on any atom is 0.416 e. The molecule has 2 rings (SSSR count). The molecule has 0 radical (unpaired) electrons. The highest BCUT2D eigenvalue weighted by Gasteiger charge is 2.29. The van der Waals surface area contributed by atoms with Gasteiger partial charge in [0.25, 0.3) is 0 Å². The van der Waals surface area contributed by atoms with Crippen molar-refractivity contribution in [2.45, 2.75) is 18.6 Å². The number of aliphatic hydroxyl groups excluding tert-OH is 1. The van der Waals surface area contributed by atoms with Gasteiger partial charge in [0.15, 0.2) is 0 Å². The molecule has 21 heavy (non-hydrogen) atoms. The Morgan fingerprint density at radius 1 is 0.905 bits per heavy atom. The number of rotatable bonds is 4. The lowest BCUT2D eigenvalue weighted by Gasteiger charge is -2.11. The Balaban J connectivity index is 2.19. The summed E-state index contributed by atoms with van der Waals surface area (Å²) in [5.74, 6) is 0. The van der Waals surface area contributed by atoms with E-state index in [1.807, 2.05) is 24.3 Å². The minimum atomic E-state index is -4.32. The molecule has 0 saturated carbocycles. The molecule has 0 aromatic heterocycles. The Bertz CT molecular complexity index is 576. The summed E-state index contributed by atoms with van der Waals surface area (Å²) in [4.78, 5) is 0. The van der Waals surface area contributed by atoms with Gasteiger partial charge in [0.1, 0.15) is 0 Å². The smallest absolute Gasteiger partial charge is 0.396 e. The van der Waals surface area contributed by atoms with E-state index in [9.17, 15) is 13.2 Å². The van der Waals surface area contributed by atoms with Gasteiger partial charge in [0, 0.05) is 12.6 Å². The molecule has 0 spiro atoms. The van der Waals surface area contributed by atoms with E-state index in [0.717, 1.165) is 23.3 Å². The molecule has 0 heterocycles. The summed E-state index contributed by atoms with van der Waals surface area (Å²) in [6.07, 6.45) is -3.85. The van der Waals surface area contributed by atoms with Crippen LogP contribution in [-0.4, -0.2) is 11.7 Å². The molecule has 0 bridgehead atoms. The van der Waals surface area contributed by atoms with E-state index in [1.165, 1.54) is 12.1 Å². The van der Waals surface area contributed by atoms with Gasteiger partial charge in [-0.2, -0.15) is 13.2 Å². The first-order valence-corrected chi connectivity index (χ1v) is 6.56. The summed E-state index contributed by atoms with van der Waals surface area (Å²) in [6.45, 7) is 0.0157. The normalized spacial score (nSPS) is 13.2. The van der Waals surface area contributed by atoms with Crippen LogP contribution in [-0.2, 0) is 6.18 Å². The van der Waals surface area contributed by atoms with Crippen molar-refractivity contribution in [1.29, 1.82) is 0 Å². The second kappa shape index (κ2) is 6.28. The monoisotopic (exact) mass is 295 g/mol. The first-order valence-electron chi connectivity index (χ1n) is 6.56. The van der Waals surface area contributed by atoms with E-state index in [1.54, 1.807) is 0 Å². The molecule has 0 aliphatic rings. The summed E-state index contributed by atoms with van der Waals surface area (Å²) in [7, 11) is 0. The molecule has 0 unspecified atom stereocenters. The van der Waals surface area contributed by atoms with Crippen molar-refractivity contribution in [2.24, 2.45) is 5.73 Å². The van der Waals surface area contributed by atoms with E-state index >= 15 is 0 Å². The van der Waals surface area contributed by atoms with Crippen LogP contribution in [0, 0.1) is 0 Å². The molecular weight excluding hydrogens is 279 g/mol. The molecule has 5 heteroatoms. The minimum absolute atomic E-state index is 0.0157. The Hall–Kier alpha value is -1.85. The maximum absolute atomic E-state index is 12.5. The number of benzene rings is 2. The predicted octanol–water partition coefficient (Wildman–Crippen LogP) is 3.75. The van der Waals surface area contributed by atoms with Gasteiger partial charge in [-0.3, -0.25) is 0 Å². The highest BCUT2D eigenvalue weighted by molar-refractivity contribution is 5.64. The van der Waals surface area contributed by atoms with Gasteiger partial charge in [0.05, 0.1) is 5.56 Å². The highest BCUT2D eigenvalue weighted by Crippen LogP contribution is 2.31. The molecule has 2 nitrogen and oxygen atoms in total. The van der Waals surface area contributed by atoms with Crippen LogP contribution in [0.2, 0.25) is 0 Å². The van der Waals surface area contributed by atoms with Crippen LogP contribution in [0.15, 0.2) is 48.5 Å². The third-order valence-electron chi connectivity index (χ3n) is 3.32. The number of alkyl halides is 3. The number of hydrogen-bond donors (Lipinski definition) is 2. The van der Waals surface area contributed by atoms with E-state index in [4.69, 9.17) is 10.8 Å². The van der Waals surface area contributed by atoms with Crippen molar-refractivity contribution in [3.63, 3.8) is 0 Å². The Morgan fingerprint density at radius 2 is 1.38 bits per heavy atom. The number of nitrogens with two attached hydrogens (primary N) is 1. The lowest BCUT2D eigenvalue weighted by atomic mass is 9.99. The Morgan fingerprint density at radius 3 is 1.81 bits per heavy atom. The molecule has 1 atom stereocenters. The Labute approximate surface area is 121 Å².